The van der Waals surface area contributed by atoms with Crippen LogP contribution >= 0.6 is 11.3 Å². The first kappa shape index (κ1) is 14.5. The first-order valence-corrected chi connectivity index (χ1v) is 7.66. The molecule has 0 spiro atoms. The van der Waals surface area contributed by atoms with Crippen LogP contribution in [0.1, 0.15) is 55.7 Å². The Kier molecular flexibility index (Phi) is 3.54. The highest BCUT2D eigenvalue weighted by Crippen LogP contribution is 2.28. The molecule has 112 valence electrons. The third-order valence-corrected chi connectivity index (χ3v) is 4.34. The molecule has 22 heavy (non-hydrogen) atoms. The lowest BCUT2D eigenvalue weighted by atomic mass is 10.1. The summed E-state index contributed by atoms with van der Waals surface area (Å²) < 4.78 is 0. The van der Waals surface area contributed by atoms with E-state index in [1.54, 1.807) is 17.5 Å². The van der Waals surface area contributed by atoms with Crippen LogP contribution in [0.4, 0.5) is 0 Å². The van der Waals surface area contributed by atoms with Gasteiger partial charge in [0.05, 0.1) is 11.1 Å². The Morgan fingerprint density at radius 2 is 1.68 bits per heavy atom. The van der Waals surface area contributed by atoms with Gasteiger partial charge >= 0.3 is 5.97 Å². The maximum atomic E-state index is 12.3. The number of thiophene rings is 1. The average Bonchev–Trinajstić information content (AvgIpc) is 3.08. The standard InChI is InChI=1S/C16H13NO4S/c1-9(2)10-7-8-22-13(10)16(20)21-17-14(18)11-5-3-4-6-12(11)15(17)19/h3-9H,1-2H3. The Morgan fingerprint density at radius 3 is 2.23 bits per heavy atom. The SMILES string of the molecule is CC(C)c1ccsc1C(=O)ON1C(=O)c2ccccc2C1=O. The van der Waals surface area contributed by atoms with E-state index in [1.165, 1.54) is 23.5 Å². The topological polar surface area (TPSA) is 63.7 Å². The van der Waals surface area contributed by atoms with Gasteiger partial charge in [0.1, 0.15) is 4.88 Å². The van der Waals surface area contributed by atoms with E-state index in [4.69, 9.17) is 4.84 Å². The van der Waals surface area contributed by atoms with Crippen LogP contribution in [0.3, 0.4) is 0 Å². The molecule has 1 aromatic heterocycles. The summed E-state index contributed by atoms with van der Waals surface area (Å²) in [7, 11) is 0. The Labute approximate surface area is 131 Å². The van der Waals surface area contributed by atoms with Gasteiger partial charge in [0.15, 0.2) is 0 Å². The number of rotatable bonds is 3. The molecule has 5 nitrogen and oxygen atoms in total. The monoisotopic (exact) mass is 315 g/mol. The van der Waals surface area contributed by atoms with Gasteiger partial charge in [0, 0.05) is 0 Å². The zero-order chi connectivity index (χ0) is 15.9. The summed E-state index contributed by atoms with van der Waals surface area (Å²) in [5, 5.41) is 2.32. The molecule has 2 amide bonds. The van der Waals surface area contributed by atoms with Crippen LogP contribution < -0.4 is 0 Å². The molecule has 0 bridgehead atoms. The highest BCUT2D eigenvalue weighted by molar-refractivity contribution is 7.12. The summed E-state index contributed by atoms with van der Waals surface area (Å²) >= 11 is 1.23. The van der Waals surface area contributed by atoms with Crippen molar-refractivity contribution in [3.05, 3.63) is 57.3 Å². The molecule has 2 aromatic rings. The van der Waals surface area contributed by atoms with E-state index in [0.29, 0.717) is 9.94 Å². The third-order valence-electron chi connectivity index (χ3n) is 3.43. The van der Waals surface area contributed by atoms with Crippen LogP contribution in [0.5, 0.6) is 0 Å². The smallest absolute Gasteiger partial charge is 0.323 e. The fourth-order valence-corrected chi connectivity index (χ4v) is 3.24. The summed E-state index contributed by atoms with van der Waals surface area (Å²) in [5.74, 6) is -1.77. The maximum absolute atomic E-state index is 12.3. The molecule has 0 N–H and O–H groups in total. The molecule has 1 aromatic carbocycles. The summed E-state index contributed by atoms with van der Waals surface area (Å²) in [6, 6.07) is 8.23. The lowest BCUT2D eigenvalue weighted by Crippen LogP contribution is -2.32. The number of imide groups is 1. The third kappa shape index (κ3) is 2.21. The van der Waals surface area contributed by atoms with Gasteiger partial charge in [-0.2, -0.15) is 0 Å². The van der Waals surface area contributed by atoms with E-state index in [0.717, 1.165) is 5.56 Å². The molecular formula is C16H13NO4S. The minimum absolute atomic E-state index is 0.149. The molecular weight excluding hydrogens is 302 g/mol. The normalized spacial score (nSPS) is 13.7. The van der Waals surface area contributed by atoms with Crippen molar-refractivity contribution in [2.24, 2.45) is 0 Å². The van der Waals surface area contributed by atoms with Crippen LogP contribution in [0.2, 0.25) is 0 Å². The maximum Gasteiger partial charge on any atom is 0.374 e. The Morgan fingerprint density at radius 1 is 1.09 bits per heavy atom. The van der Waals surface area contributed by atoms with Crippen molar-refractivity contribution in [2.75, 3.05) is 0 Å². The number of fused-ring (bicyclic) bond motifs is 1. The van der Waals surface area contributed by atoms with Gasteiger partial charge in [-0.1, -0.05) is 31.0 Å². The van der Waals surface area contributed by atoms with Crippen LogP contribution in [0, 0.1) is 0 Å². The highest BCUT2D eigenvalue weighted by atomic mass is 32.1. The lowest BCUT2D eigenvalue weighted by Gasteiger charge is -2.13. The van der Waals surface area contributed by atoms with E-state index in [2.05, 4.69) is 0 Å². The molecule has 0 radical (unpaired) electrons. The lowest BCUT2D eigenvalue weighted by molar-refractivity contribution is -0.0581. The van der Waals surface area contributed by atoms with Crippen LogP contribution in [-0.4, -0.2) is 22.8 Å². The number of benzene rings is 1. The molecule has 0 fully saturated rings. The van der Waals surface area contributed by atoms with Crippen molar-refractivity contribution in [2.45, 2.75) is 19.8 Å². The molecule has 1 aliphatic rings. The van der Waals surface area contributed by atoms with Gasteiger partial charge < -0.3 is 4.84 Å². The van der Waals surface area contributed by atoms with Crippen molar-refractivity contribution < 1.29 is 19.2 Å². The fraction of sp³-hybridized carbons (Fsp3) is 0.188. The molecule has 0 aliphatic carbocycles. The number of hydrogen-bond acceptors (Lipinski definition) is 5. The van der Waals surface area contributed by atoms with Gasteiger partial charge in [0.2, 0.25) is 0 Å². The van der Waals surface area contributed by atoms with Crippen molar-refractivity contribution in [1.29, 1.82) is 0 Å². The number of hydrogen-bond donors (Lipinski definition) is 0. The predicted molar refractivity (Wildman–Crippen MR) is 80.8 cm³/mol. The van der Waals surface area contributed by atoms with Gasteiger partial charge in [0.25, 0.3) is 11.8 Å². The van der Waals surface area contributed by atoms with E-state index >= 15 is 0 Å². The molecule has 0 saturated heterocycles. The van der Waals surface area contributed by atoms with E-state index in [1.807, 2.05) is 19.9 Å². The van der Waals surface area contributed by atoms with Crippen LogP contribution in [-0.2, 0) is 4.84 Å². The molecule has 0 atom stereocenters. The highest BCUT2D eigenvalue weighted by Gasteiger charge is 2.39. The number of carbonyl (C=O) groups excluding carboxylic acids is 3. The summed E-state index contributed by atoms with van der Waals surface area (Å²) in [6.45, 7) is 3.92. The number of nitrogens with zero attached hydrogens (tertiary/aromatic N) is 1. The van der Waals surface area contributed by atoms with Gasteiger partial charge in [-0.3, -0.25) is 9.59 Å². The van der Waals surface area contributed by atoms with Gasteiger partial charge in [-0.15, -0.1) is 11.3 Å². The molecule has 0 saturated carbocycles. The number of amides is 2. The molecule has 0 unspecified atom stereocenters. The summed E-state index contributed by atoms with van der Waals surface area (Å²) in [6.07, 6.45) is 0. The minimum atomic E-state index is -0.687. The molecule has 6 heteroatoms. The van der Waals surface area contributed by atoms with Crippen molar-refractivity contribution in [1.82, 2.24) is 5.06 Å². The quantitative estimate of drug-likeness (QED) is 0.816. The van der Waals surface area contributed by atoms with Crippen LogP contribution in [0.25, 0.3) is 0 Å². The molecule has 2 heterocycles. The van der Waals surface area contributed by atoms with Crippen molar-refractivity contribution in [3.8, 4) is 0 Å². The van der Waals surface area contributed by atoms with E-state index in [-0.39, 0.29) is 17.0 Å². The minimum Gasteiger partial charge on any atom is -0.323 e. The Bertz CT molecular complexity index is 743. The second-order valence-electron chi connectivity index (χ2n) is 5.19. The summed E-state index contributed by atoms with van der Waals surface area (Å²) in [5.41, 5.74) is 1.33. The van der Waals surface area contributed by atoms with Crippen LogP contribution in [0.15, 0.2) is 35.7 Å². The van der Waals surface area contributed by atoms with Crippen molar-refractivity contribution >= 4 is 29.1 Å². The van der Waals surface area contributed by atoms with Gasteiger partial charge in [-0.05, 0) is 35.1 Å². The fourth-order valence-electron chi connectivity index (χ4n) is 2.31. The number of carbonyl (C=O) groups is 3. The molecule has 1 aliphatic heterocycles. The first-order chi connectivity index (χ1) is 10.5. The predicted octanol–water partition coefficient (Wildman–Crippen LogP) is 3.24. The van der Waals surface area contributed by atoms with Gasteiger partial charge in [-0.25, -0.2) is 4.79 Å². The first-order valence-electron chi connectivity index (χ1n) is 6.78. The second-order valence-corrected chi connectivity index (χ2v) is 6.10. The zero-order valence-corrected chi connectivity index (χ0v) is 12.8. The molecule has 3 rings (SSSR count). The Balaban J connectivity index is 1.86. The Hall–Kier alpha value is -2.47. The summed E-state index contributed by atoms with van der Waals surface area (Å²) in [4.78, 5) is 42.1. The second kappa shape index (κ2) is 5.38. The zero-order valence-electron chi connectivity index (χ0n) is 12.0. The van der Waals surface area contributed by atoms with Crippen molar-refractivity contribution in [3.63, 3.8) is 0 Å². The van der Waals surface area contributed by atoms with E-state index < -0.39 is 17.8 Å². The van der Waals surface area contributed by atoms with E-state index in [9.17, 15) is 14.4 Å². The average molecular weight is 315 g/mol. The largest absolute Gasteiger partial charge is 0.374 e. The number of hydroxylamine groups is 2.